The Morgan fingerprint density at radius 3 is 2.94 bits per heavy atom. The van der Waals surface area contributed by atoms with Crippen LogP contribution in [0.4, 0.5) is 0 Å². The number of allylic oxidation sites excluding steroid dienone is 1. The van der Waals surface area contributed by atoms with Crippen LogP contribution in [-0.2, 0) is 9.47 Å². The van der Waals surface area contributed by atoms with Gasteiger partial charge in [-0.1, -0.05) is 25.5 Å². The molecule has 0 amide bonds. The van der Waals surface area contributed by atoms with Crippen LogP contribution in [0.1, 0.15) is 58.8 Å². The van der Waals surface area contributed by atoms with Crippen LogP contribution in [0, 0.1) is 5.41 Å². The normalized spacial score (nSPS) is 31.6. The summed E-state index contributed by atoms with van der Waals surface area (Å²) in [5.41, 5.74) is 2.07. The van der Waals surface area contributed by atoms with Crippen LogP contribution in [0.3, 0.4) is 0 Å². The number of ether oxygens (including phenoxy) is 2. The molecule has 0 aromatic rings. The number of hydrogen-bond donors (Lipinski definition) is 0. The smallest absolute Gasteiger partial charge is 0.157 e. The second-order valence-electron chi connectivity index (χ2n) is 6.19. The minimum atomic E-state index is 0.0530. The van der Waals surface area contributed by atoms with Gasteiger partial charge in [0.25, 0.3) is 0 Å². The summed E-state index contributed by atoms with van der Waals surface area (Å²) >= 11 is 0. The van der Waals surface area contributed by atoms with Gasteiger partial charge in [0.1, 0.15) is 0 Å². The lowest BCUT2D eigenvalue weighted by atomic mass is 9.75. The topological polar surface area (TPSA) is 18.5 Å². The van der Waals surface area contributed by atoms with Gasteiger partial charge in [-0.2, -0.15) is 0 Å². The van der Waals surface area contributed by atoms with E-state index in [1.165, 1.54) is 38.5 Å². The third kappa shape index (κ3) is 4.44. The lowest BCUT2D eigenvalue weighted by molar-refractivity contribution is -0.155. The van der Waals surface area contributed by atoms with E-state index < -0.39 is 0 Å². The Balaban J connectivity index is 1.72. The Morgan fingerprint density at radius 2 is 2.24 bits per heavy atom. The summed E-state index contributed by atoms with van der Waals surface area (Å²) in [4.78, 5) is 0. The van der Waals surface area contributed by atoms with E-state index in [4.69, 9.17) is 9.47 Å². The van der Waals surface area contributed by atoms with Gasteiger partial charge in [-0.25, -0.2) is 0 Å². The van der Waals surface area contributed by atoms with E-state index >= 15 is 0 Å². The van der Waals surface area contributed by atoms with Gasteiger partial charge in [-0.3, -0.25) is 0 Å². The highest BCUT2D eigenvalue weighted by Crippen LogP contribution is 2.37. The third-order valence-electron chi connectivity index (χ3n) is 3.85. The summed E-state index contributed by atoms with van der Waals surface area (Å²) < 4.78 is 11.3. The van der Waals surface area contributed by atoms with Crippen LogP contribution in [0.5, 0.6) is 0 Å². The van der Waals surface area contributed by atoms with Gasteiger partial charge in [-0.05, 0) is 50.4 Å². The predicted octanol–water partition coefficient (Wildman–Crippen LogP) is 4.06. The summed E-state index contributed by atoms with van der Waals surface area (Å²) in [7, 11) is 0. The molecule has 0 aromatic heterocycles. The van der Waals surface area contributed by atoms with Crippen molar-refractivity contribution in [1.29, 1.82) is 0 Å². The van der Waals surface area contributed by atoms with Gasteiger partial charge in [0.05, 0.1) is 6.61 Å². The summed E-state index contributed by atoms with van der Waals surface area (Å²) in [5.74, 6) is 0. The monoisotopic (exact) mass is 238 g/mol. The van der Waals surface area contributed by atoms with E-state index in [-0.39, 0.29) is 6.29 Å². The van der Waals surface area contributed by atoms with Gasteiger partial charge >= 0.3 is 0 Å². The summed E-state index contributed by atoms with van der Waals surface area (Å²) in [6.07, 6.45) is 11.0. The molecule has 0 bridgehead atoms. The van der Waals surface area contributed by atoms with Gasteiger partial charge < -0.3 is 9.47 Å². The largest absolute Gasteiger partial charge is 0.353 e. The maximum absolute atomic E-state index is 5.76. The minimum absolute atomic E-state index is 0.0530. The Bertz CT molecular complexity index is 262. The summed E-state index contributed by atoms with van der Waals surface area (Å²) in [5, 5.41) is 0. The van der Waals surface area contributed by atoms with Crippen molar-refractivity contribution in [2.24, 2.45) is 5.41 Å². The molecule has 0 radical (unpaired) electrons. The highest BCUT2D eigenvalue weighted by molar-refractivity contribution is 5.08. The second-order valence-corrected chi connectivity index (χ2v) is 6.19. The molecule has 2 rings (SSSR count). The van der Waals surface area contributed by atoms with Crippen LogP contribution < -0.4 is 0 Å². The van der Waals surface area contributed by atoms with Crippen molar-refractivity contribution in [1.82, 2.24) is 0 Å². The minimum Gasteiger partial charge on any atom is -0.353 e. The molecule has 1 saturated carbocycles. The fourth-order valence-electron chi connectivity index (χ4n) is 2.88. The van der Waals surface area contributed by atoms with Crippen molar-refractivity contribution in [2.75, 3.05) is 13.2 Å². The molecule has 0 N–H and O–H groups in total. The summed E-state index contributed by atoms with van der Waals surface area (Å²) in [6.45, 7) is 6.33. The third-order valence-corrected chi connectivity index (χ3v) is 3.85. The Kier molecular flexibility index (Phi) is 4.63. The summed E-state index contributed by atoms with van der Waals surface area (Å²) in [6, 6.07) is 0. The molecular formula is C15H26O2. The standard InChI is InChI=1S/C15H26O2/c1-15(2)9-5-6-13(12-15)8-11-17-14-7-3-4-10-16-14/h8,14H,3-7,9-12H2,1-2H3/b13-8-. The molecule has 1 heterocycles. The highest BCUT2D eigenvalue weighted by Gasteiger charge is 2.23. The molecular weight excluding hydrogens is 212 g/mol. The van der Waals surface area contributed by atoms with Crippen LogP contribution >= 0.6 is 0 Å². The first-order valence-corrected chi connectivity index (χ1v) is 7.07. The van der Waals surface area contributed by atoms with E-state index in [2.05, 4.69) is 19.9 Å². The van der Waals surface area contributed by atoms with Gasteiger partial charge in [-0.15, -0.1) is 0 Å². The SMILES string of the molecule is CC1(C)CCC/C(=C/COC2CCCCO2)C1. The van der Waals surface area contributed by atoms with Gasteiger partial charge in [0, 0.05) is 6.61 Å². The zero-order valence-corrected chi connectivity index (χ0v) is 11.3. The van der Waals surface area contributed by atoms with Crippen molar-refractivity contribution in [3.8, 4) is 0 Å². The average Bonchev–Trinajstić information content (AvgIpc) is 2.29. The molecule has 2 fully saturated rings. The molecule has 1 saturated heterocycles. The number of hydrogen-bond acceptors (Lipinski definition) is 2. The van der Waals surface area contributed by atoms with Crippen LogP contribution in [0.2, 0.25) is 0 Å². The van der Waals surface area contributed by atoms with Crippen LogP contribution in [0.15, 0.2) is 11.6 Å². The molecule has 1 aliphatic carbocycles. The number of rotatable bonds is 3. The van der Waals surface area contributed by atoms with Crippen LogP contribution in [-0.4, -0.2) is 19.5 Å². The molecule has 1 atom stereocenters. The molecule has 2 nitrogen and oxygen atoms in total. The van der Waals surface area contributed by atoms with Crippen LogP contribution in [0.25, 0.3) is 0 Å². The van der Waals surface area contributed by atoms with Crippen molar-refractivity contribution in [3.05, 3.63) is 11.6 Å². The van der Waals surface area contributed by atoms with E-state index in [1.807, 2.05) is 0 Å². The highest BCUT2D eigenvalue weighted by atomic mass is 16.7. The molecule has 1 unspecified atom stereocenters. The Morgan fingerprint density at radius 1 is 1.35 bits per heavy atom. The maximum Gasteiger partial charge on any atom is 0.157 e. The van der Waals surface area contributed by atoms with Crippen molar-refractivity contribution >= 4 is 0 Å². The molecule has 1 aliphatic heterocycles. The molecule has 0 aromatic carbocycles. The van der Waals surface area contributed by atoms with Crippen molar-refractivity contribution in [3.63, 3.8) is 0 Å². The van der Waals surface area contributed by atoms with Crippen molar-refractivity contribution in [2.45, 2.75) is 65.1 Å². The quantitative estimate of drug-likeness (QED) is 0.690. The molecule has 2 aliphatic rings. The zero-order valence-electron chi connectivity index (χ0n) is 11.3. The lowest BCUT2D eigenvalue weighted by Gasteiger charge is -2.31. The first kappa shape index (κ1) is 13.1. The fourth-order valence-corrected chi connectivity index (χ4v) is 2.88. The predicted molar refractivity (Wildman–Crippen MR) is 69.9 cm³/mol. The zero-order chi connectivity index (χ0) is 12.1. The maximum atomic E-state index is 5.76. The molecule has 2 heteroatoms. The van der Waals surface area contributed by atoms with E-state index in [9.17, 15) is 0 Å². The Hall–Kier alpha value is -0.340. The first-order valence-electron chi connectivity index (χ1n) is 7.07. The average molecular weight is 238 g/mol. The van der Waals surface area contributed by atoms with E-state index in [0.717, 1.165) is 19.6 Å². The molecule has 17 heavy (non-hydrogen) atoms. The van der Waals surface area contributed by atoms with Gasteiger partial charge in [0.2, 0.25) is 0 Å². The van der Waals surface area contributed by atoms with E-state index in [0.29, 0.717) is 5.41 Å². The molecule has 0 spiro atoms. The lowest BCUT2D eigenvalue weighted by Crippen LogP contribution is -2.22. The van der Waals surface area contributed by atoms with E-state index in [1.54, 1.807) is 5.57 Å². The molecule has 98 valence electrons. The van der Waals surface area contributed by atoms with Crippen molar-refractivity contribution < 1.29 is 9.47 Å². The Labute approximate surface area is 105 Å². The second kappa shape index (κ2) is 6.01. The first-order chi connectivity index (χ1) is 8.16. The van der Waals surface area contributed by atoms with Gasteiger partial charge in [0.15, 0.2) is 6.29 Å². The fraction of sp³-hybridized carbons (Fsp3) is 0.867.